The van der Waals surface area contributed by atoms with E-state index in [1.165, 1.54) is 218 Å². The fourth-order valence-electron chi connectivity index (χ4n) is 9.23. The van der Waals surface area contributed by atoms with Crippen LogP contribution in [0.15, 0.2) is 48.6 Å². The van der Waals surface area contributed by atoms with E-state index in [1.807, 2.05) is 0 Å². The van der Waals surface area contributed by atoms with E-state index in [-0.39, 0.29) is 31.1 Å². The van der Waals surface area contributed by atoms with Crippen molar-refractivity contribution in [3.8, 4) is 0 Å². The molecule has 0 aliphatic carbocycles. The summed E-state index contributed by atoms with van der Waals surface area (Å²) in [5.74, 6) is -0.881. The molecule has 0 aromatic rings. The van der Waals surface area contributed by atoms with Crippen LogP contribution in [-0.2, 0) is 28.6 Å². The van der Waals surface area contributed by atoms with Gasteiger partial charge < -0.3 is 14.2 Å². The number of rotatable bonds is 58. The molecule has 420 valence electrons. The van der Waals surface area contributed by atoms with Crippen LogP contribution >= 0.6 is 0 Å². The van der Waals surface area contributed by atoms with Gasteiger partial charge in [0.2, 0.25) is 0 Å². The van der Waals surface area contributed by atoms with Crippen LogP contribution in [-0.4, -0.2) is 37.2 Å². The number of hydrogen-bond acceptors (Lipinski definition) is 6. The molecule has 0 amide bonds. The monoisotopic (exact) mass is 1010 g/mol. The van der Waals surface area contributed by atoms with E-state index in [2.05, 4.69) is 69.4 Å². The van der Waals surface area contributed by atoms with E-state index in [0.29, 0.717) is 19.3 Å². The van der Waals surface area contributed by atoms with Crippen molar-refractivity contribution in [1.29, 1.82) is 0 Å². The van der Waals surface area contributed by atoms with E-state index >= 15 is 0 Å². The van der Waals surface area contributed by atoms with Gasteiger partial charge in [0.15, 0.2) is 6.10 Å². The Labute approximate surface area is 448 Å². The molecule has 0 fully saturated rings. The van der Waals surface area contributed by atoms with E-state index in [0.717, 1.165) is 77.0 Å². The smallest absolute Gasteiger partial charge is 0.306 e. The zero-order valence-electron chi connectivity index (χ0n) is 48.2. The van der Waals surface area contributed by atoms with Gasteiger partial charge in [0, 0.05) is 19.3 Å². The third kappa shape index (κ3) is 58.3. The van der Waals surface area contributed by atoms with Crippen molar-refractivity contribution in [3.63, 3.8) is 0 Å². The number of ether oxygens (including phenoxy) is 3. The summed E-state index contributed by atoms with van der Waals surface area (Å²) >= 11 is 0. The number of esters is 3. The zero-order valence-corrected chi connectivity index (χ0v) is 48.2. The predicted octanol–water partition coefficient (Wildman–Crippen LogP) is 21.4. The molecule has 0 saturated carbocycles. The Morgan fingerprint density at radius 1 is 0.278 bits per heavy atom. The zero-order chi connectivity index (χ0) is 52.2. The summed E-state index contributed by atoms with van der Waals surface area (Å²) in [5, 5.41) is 0. The lowest BCUT2D eigenvalue weighted by Crippen LogP contribution is -2.30. The van der Waals surface area contributed by atoms with Crippen LogP contribution < -0.4 is 0 Å². The Morgan fingerprint density at radius 3 is 0.806 bits per heavy atom. The molecular weight excluding hydrogens is 889 g/mol. The fourth-order valence-corrected chi connectivity index (χ4v) is 9.23. The molecule has 1 atom stereocenters. The summed E-state index contributed by atoms with van der Waals surface area (Å²) < 4.78 is 16.9. The van der Waals surface area contributed by atoms with Crippen LogP contribution in [0.2, 0.25) is 0 Å². The Balaban J connectivity index is 4.35. The van der Waals surface area contributed by atoms with Gasteiger partial charge in [0.1, 0.15) is 13.2 Å². The summed E-state index contributed by atoms with van der Waals surface area (Å²) in [5.41, 5.74) is 0. The van der Waals surface area contributed by atoms with Gasteiger partial charge in [0.05, 0.1) is 0 Å². The number of allylic oxidation sites excluding steroid dienone is 8. The molecule has 0 aromatic carbocycles. The topological polar surface area (TPSA) is 78.9 Å². The minimum absolute atomic E-state index is 0.0785. The molecular formula is C66H120O6. The van der Waals surface area contributed by atoms with Gasteiger partial charge in [-0.3, -0.25) is 14.4 Å². The number of carbonyl (C=O) groups is 3. The van der Waals surface area contributed by atoms with Gasteiger partial charge in [-0.15, -0.1) is 0 Å². The molecule has 0 aliphatic rings. The van der Waals surface area contributed by atoms with Crippen molar-refractivity contribution in [2.24, 2.45) is 0 Å². The van der Waals surface area contributed by atoms with Crippen molar-refractivity contribution < 1.29 is 28.6 Å². The average Bonchev–Trinajstić information content (AvgIpc) is 3.38. The Morgan fingerprint density at radius 2 is 0.500 bits per heavy atom. The number of unbranched alkanes of at least 4 members (excludes halogenated alkanes) is 39. The molecule has 0 spiro atoms. The van der Waals surface area contributed by atoms with Gasteiger partial charge in [-0.2, -0.15) is 0 Å². The van der Waals surface area contributed by atoms with Crippen LogP contribution in [0.4, 0.5) is 0 Å². The fraction of sp³-hybridized carbons (Fsp3) is 0.833. The van der Waals surface area contributed by atoms with Gasteiger partial charge in [-0.1, -0.05) is 262 Å². The maximum absolute atomic E-state index is 12.9. The second-order valence-electron chi connectivity index (χ2n) is 21.3. The molecule has 0 rings (SSSR count). The lowest BCUT2D eigenvalue weighted by molar-refractivity contribution is -0.167. The highest BCUT2D eigenvalue weighted by Gasteiger charge is 2.19. The average molecular weight is 1010 g/mol. The predicted molar refractivity (Wildman–Crippen MR) is 312 cm³/mol. The van der Waals surface area contributed by atoms with E-state index < -0.39 is 6.10 Å². The molecule has 0 N–H and O–H groups in total. The molecule has 6 heteroatoms. The molecule has 0 saturated heterocycles. The molecule has 0 aliphatic heterocycles. The van der Waals surface area contributed by atoms with Gasteiger partial charge in [0.25, 0.3) is 0 Å². The van der Waals surface area contributed by atoms with Crippen LogP contribution in [0.25, 0.3) is 0 Å². The third-order valence-corrected chi connectivity index (χ3v) is 14.0. The highest BCUT2D eigenvalue weighted by molar-refractivity contribution is 5.71. The van der Waals surface area contributed by atoms with E-state index in [9.17, 15) is 14.4 Å². The molecule has 0 bridgehead atoms. The maximum Gasteiger partial charge on any atom is 0.306 e. The van der Waals surface area contributed by atoms with Crippen molar-refractivity contribution in [3.05, 3.63) is 48.6 Å². The van der Waals surface area contributed by atoms with E-state index in [4.69, 9.17) is 14.2 Å². The number of carbonyl (C=O) groups excluding carboxylic acids is 3. The van der Waals surface area contributed by atoms with Gasteiger partial charge in [-0.25, -0.2) is 0 Å². The SMILES string of the molecule is CCCCC/C=C\C/C=C\CCCCCCCC(=O)OCC(COC(=O)CCCCCCCCCCC/C=C\CCCCCCCCCC)OC(=O)CCCCCCCCC/C=C\CCCCCCCCC. The lowest BCUT2D eigenvalue weighted by Gasteiger charge is -2.18. The lowest BCUT2D eigenvalue weighted by atomic mass is 10.1. The second kappa shape index (κ2) is 60.9. The molecule has 0 aromatic heterocycles. The summed E-state index contributed by atoms with van der Waals surface area (Å²) in [4.78, 5) is 38.3. The Hall–Kier alpha value is -2.63. The largest absolute Gasteiger partial charge is 0.462 e. The highest BCUT2D eigenvalue weighted by Crippen LogP contribution is 2.16. The minimum Gasteiger partial charge on any atom is -0.462 e. The molecule has 6 nitrogen and oxygen atoms in total. The standard InChI is InChI=1S/C66H120O6/c1-4-7-10-13-16-19-22-25-28-30-32-33-34-36-38-41-44-47-50-53-56-59-65(68)71-62-63(61-70-64(67)58-55-52-49-46-43-40-37-27-24-21-18-15-12-9-6-3)72-66(69)60-57-54-51-48-45-42-39-35-31-29-26-23-20-17-14-11-8-5-2/h18,21,27,29-32,37,63H,4-17,19-20,22-26,28,33-36,38-62H2,1-3H3/b21-18-,31-29-,32-30-,37-27-. The first-order valence-electron chi connectivity index (χ1n) is 31.6. The summed E-state index contributed by atoms with van der Waals surface area (Å²) in [6.45, 7) is 6.64. The van der Waals surface area contributed by atoms with E-state index in [1.54, 1.807) is 0 Å². The Kier molecular flexibility index (Phi) is 58.7. The maximum atomic E-state index is 12.9. The van der Waals surface area contributed by atoms with Crippen LogP contribution in [0.3, 0.4) is 0 Å². The van der Waals surface area contributed by atoms with Crippen LogP contribution in [0, 0.1) is 0 Å². The van der Waals surface area contributed by atoms with Crippen molar-refractivity contribution >= 4 is 17.9 Å². The van der Waals surface area contributed by atoms with Crippen LogP contribution in [0.5, 0.6) is 0 Å². The highest BCUT2D eigenvalue weighted by atomic mass is 16.6. The molecule has 72 heavy (non-hydrogen) atoms. The van der Waals surface area contributed by atoms with Crippen molar-refractivity contribution in [2.75, 3.05) is 13.2 Å². The molecule has 0 radical (unpaired) electrons. The number of hydrogen-bond donors (Lipinski definition) is 0. The van der Waals surface area contributed by atoms with Crippen LogP contribution in [0.1, 0.15) is 335 Å². The third-order valence-electron chi connectivity index (χ3n) is 14.0. The second-order valence-corrected chi connectivity index (χ2v) is 21.3. The summed E-state index contributed by atoms with van der Waals surface area (Å²) in [6, 6.07) is 0. The Bertz CT molecular complexity index is 1250. The summed E-state index contributed by atoms with van der Waals surface area (Å²) in [6.07, 6.45) is 75.4. The quantitative estimate of drug-likeness (QED) is 0.0261. The first-order valence-corrected chi connectivity index (χ1v) is 31.6. The summed E-state index contributed by atoms with van der Waals surface area (Å²) in [7, 11) is 0. The van der Waals surface area contributed by atoms with Gasteiger partial charge >= 0.3 is 17.9 Å². The minimum atomic E-state index is -0.782. The molecule has 1 unspecified atom stereocenters. The first-order chi connectivity index (χ1) is 35.5. The van der Waals surface area contributed by atoms with Gasteiger partial charge in [-0.05, 0) is 103 Å². The van der Waals surface area contributed by atoms with Crippen molar-refractivity contribution in [1.82, 2.24) is 0 Å². The normalized spacial score (nSPS) is 12.3. The molecule has 0 heterocycles. The first kappa shape index (κ1) is 69.4. The van der Waals surface area contributed by atoms with Crippen molar-refractivity contribution in [2.45, 2.75) is 341 Å².